The second-order valence-corrected chi connectivity index (χ2v) is 4.37. The monoisotopic (exact) mass is 230 g/mol. The average Bonchev–Trinajstić information content (AvgIpc) is 2.30. The van der Waals surface area contributed by atoms with E-state index in [1.165, 1.54) is 0 Å². The average molecular weight is 231 g/mol. The maximum absolute atomic E-state index is 4.35. The Morgan fingerprint density at radius 1 is 1.33 bits per heavy atom. The molecule has 1 aromatic heterocycles. The summed E-state index contributed by atoms with van der Waals surface area (Å²) in [6.45, 7) is 8.65. The van der Waals surface area contributed by atoms with E-state index in [2.05, 4.69) is 53.2 Å². The zero-order valence-electron chi connectivity index (χ0n) is 8.00. The van der Waals surface area contributed by atoms with Gasteiger partial charge in [0.1, 0.15) is 10.4 Å². The lowest BCUT2D eigenvalue weighted by molar-refractivity contribution is 0.541. The minimum absolute atomic E-state index is 0.472. The lowest BCUT2D eigenvalue weighted by Gasteiger charge is -2.14. The molecule has 0 amide bonds. The SMILES string of the molecule is CC(C)c1ncc(Br)n1C(C)C. The van der Waals surface area contributed by atoms with Crippen molar-refractivity contribution in [2.45, 2.75) is 39.7 Å². The summed E-state index contributed by atoms with van der Waals surface area (Å²) in [5, 5.41) is 0. The van der Waals surface area contributed by atoms with Crippen LogP contribution in [-0.4, -0.2) is 9.55 Å². The van der Waals surface area contributed by atoms with Gasteiger partial charge in [0.25, 0.3) is 0 Å². The lowest BCUT2D eigenvalue weighted by Crippen LogP contribution is -2.07. The summed E-state index contributed by atoms with van der Waals surface area (Å²) in [7, 11) is 0. The summed E-state index contributed by atoms with van der Waals surface area (Å²) in [6, 6.07) is 0.472. The summed E-state index contributed by atoms with van der Waals surface area (Å²) in [6.07, 6.45) is 1.87. The van der Waals surface area contributed by atoms with Crippen molar-refractivity contribution in [1.29, 1.82) is 0 Å². The van der Waals surface area contributed by atoms with Crippen molar-refractivity contribution in [2.24, 2.45) is 0 Å². The largest absolute Gasteiger partial charge is 0.320 e. The maximum atomic E-state index is 4.35. The molecule has 2 nitrogen and oxygen atoms in total. The summed E-state index contributed by atoms with van der Waals surface area (Å²) in [5.41, 5.74) is 0. The van der Waals surface area contributed by atoms with E-state index < -0.39 is 0 Å². The van der Waals surface area contributed by atoms with Crippen molar-refractivity contribution >= 4 is 15.9 Å². The molecular weight excluding hydrogens is 216 g/mol. The summed E-state index contributed by atoms with van der Waals surface area (Å²) < 4.78 is 3.28. The van der Waals surface area contributed by atoms with E-state index in [-0.39, 0.29) is 0 Å². The van der Waals surface area contributed by atoms with Gasteiger partial charge in [0.2, 0.25) is 0 Å². The molecule has 12 heavy (non-hydrogen) atoms. The molecule has 0 aliphatic carbocycles. The second kappa shape index (κ2) is 3.60. The quantitative estimate of drug-likeness (QED) is 0.763. The van der Waals surface area contributed by atoms with Crippen LogP contribution >= 0.6 is 15.9 Å². The zero-order chi connectivity index (χ0) is 9.30. The van der Waals surface area contributed by atoms with Crippen LogP contribution in [0.25, 0.3) is 0 Å². The third-order valence-corrected chi connectivity index (χ3v) is 2.40. The number of nitrogens with zero attached hydrogens (tertiary/aromatic N) is 2. The molecule has 3 heteroatoms. The predicted molar refractivity (Wildman–Crippen MR) is 54.4 cm³/mol. The van der Waals surface area contributed by atoms with Gasteiger partial charge in [-0.1, -0.05) is 13.8 Å². The number of halogens is 1. The topological polar surface area (TPSA) is 17.8 Å². The fourth-order valence-electron chi connectivity index (χ4n) is 1.29. The van der Waals surface area contributed by atoms with E-state index in [0.717, 1.165) is 10.4 Å². The molecule has 1 heterocycles. The van der Waals surface area contributed by atoms with Gasteiger partial charge in [-0.2, -0.15) is 0 Å². The van der Waals surface area contributed by atoms with Gasteiger partial charge in [0.15, 0.2) is 0 Å². The summed E-state index contributed by atoms with van der Waals surface area (Å²) in [4.78, 5) is 4.35. The van der Waals surface area contributed by atoms with E-state index >= 15 is 0 Å². The molecular formula is C9H15BrN2. The van der Waals surface area contributed by atoms with Crippen LogP contribution in [0, 0.1) is 0 Å². The van der Waals surface area contributed by atoms with Crippen LogP contribution < -0.4 is 0 Å². The van der Waals surface area contributed by atoms with Crippen molar-refractivity contribution < 1.29 is 0 Å². The first kappa shape index (κ1) is 9.78. The van der Waals surface area contributed by atoms with E-state index in [9.17, 15) is 0 Å². The van der Waals surface area contributed by atoms with Crippen LogP contribution in [0.15, 0.2) is 10.8 Å². The van der Waals surface area contributed by atoms with Crippen LogP contribution in [0.5, 0.6) is 0 Å². The van der Waals surface area contributed by atoms with Crippen LogP contribution in [0.3, 0.4) is 0 Å². The third kappa shape index (κ3) is 1.71. The van der Waals surface area contributed by atoms with Crippen LogP contribution in [0.1, 0.15) is 45.5 Å². The highest BCUT2D eigenvalue weighted by atomic mass is 79.9. The van der Waals surface area contributed by atoms with Crippen LogP contribution in [0.2, 0.25) is 0 Å². The Balaban J connectivity index is 3.12. The molecule has 0 aliphatic rings. The van der Waals surface area contributed by atoms with Gasteiger partial charge in [-0.15, -0.1) is 0 Å². The molecule has 0 atom stereocenters. The minimum atomic E-state index is 0.472. The van der Waals surface area contributed by atoms with E-state index in [0.29, 0.717) is 12.0 Å². The molecule has 68 valence electrons. The van der Waals surface area contributed by atoms with Gasteiger partial charge in [0, 0.05) is 12.0 Å². The number of aromatic nitrogens is 2. The van der Waals surface area contributed by atoms with Gasteiger partial charge in [-0.25, -0.2) is 4.98 Å². The highest BCUT2D eigenvalue weighted by Gasteiger charge is 2.12. The second-order valence-electron chi connectivity index (χ2n) is 3.56. The maximum Gasteiger partial charge on any atom is 0.112 e. The number of hydrogen-bond acceptors (Lipinski definition) is 1. The highest BCUT2D eigenvalue weighted by molar-refractivity contribution is 9.10. The summed E-state index contributed by atoms with van der Waals surface area (Å²) in [5.74, 6) is 1.63. The molecule has 0 saturated carbocycles. The molecule has 0 spiro atoms. The van der Waals surface area contributed by atoms with Gasteiger partial charge in [0.05, 0.1) is 6.20 Å². The van der Waals surface area contributed by atoms with Gasteiger partial charge < -0.3 is 4.57 Å². The molecule has 0 saturated heterocycles. The smallest absolute Gasteiger partial charge is 0.112 e. The van der Waals surface area contributed by atoms with Crippen LogP contribution in [0.4, 0.5) is 0 Å². The number of hydrogen-bond donors (Lipinski definition) is 0. The Morgan fingerprint density at radius 2 is 1.92 bits per heavy atom. The molecule has 0 radical (unpaired) electrons. The first-order valence-corrected chi connectivity index (χ1v) is 5.06. The van der Waals surface area contributed by atoms with Crippen molar-refractivity contribution in [2.75, 3.05) is 0 Å². The highest BCUT2D eigenvalue weighted by Crippen LogP contribution is 2.23. The van der Waals surface area contributed by atoms with Crippen LogP contribution in [-0.2, 0) is 0 Å². The Labute approximate surface area is 82.1 Å². The zero-order valence-corrected chi connectivity index (χ0v) is 9.59. The van der Waals surface area contributed by atoms with Crippen molar-refractivity contribution in [3.63, 3.8) is 0 Å². The Kier molecular flexibility index (Phi) is 2.94. The fraction of sp³-hybridized carbons (Fsp3) is 0.667. The first-order chi connectivity index (χ1) is 5.54. The van der Waals surface area contributed by atoms with Gasteiger partial charge >= 0.3 is 0 Å². The third-order valence-electron chi connectivity index (χ3n) is 1.81. The van der Waals surface area contributed by atoms with Gasteiger partial charge in [-0.3, -0.25) is 0 Å². The number of imidazole rings is 1. The summed E-state index contributed by atoms with van der Waals surface area (Å²) >= 11 is 3.49. The predicted octanol–water partition coefficient (Wildman–Crippen LogP) is 3.35. The molecule has 0 aliphatic heterocycles. The Bertz CT molecular complexity index is 263. The van der Waals surface area contributed by atoms with Crippen molar-refractivity contribution in [3.05, 3.63) is 16.6 Å². The number of rotatable bonds is 2. The Morgan fingerprint density at radius 3 is 2.25 bits per heavy atom. The molecule has 0 N–H and O–H groups in total. The molecule has 0 fully saturated rings. The van der Waals surface area contributed by atoms with E-state index in [1.54, 1.807) is 0 Å². The molecule has 1 rings (SSSR count). The standard InChI is InChI=1S/C9H15BrN2/c1-6(2)9-11-5-8(10)12(9)7(3)4/h5-7H,1-4H3. The van der Waals surface area contributed by atoms with E-state index in [4.69, 9.17) is 0 Å². The van der Waals surface area contributed by atoms with Crippen molar-refractivity contribution in [3.8, 4) is 0 Å². The lowest BCUT2D eigenvalue weighted by atomic mass is 10.2. The molecule has 0 aromatic carbocycles. The normalized spacial score (nSPS) is 11.6. The fourth-order valence-corrected chi connectivity index (χ4v) is 1.99. The molecule has 0 bridgehead atoms. The van der Waals surface area contributed by atoms with E-state index in [1.807, 2.05) is 6.20 Å². The minimum Gasteiger partial charge on any atom is -0.320 e. The molecule has 1 aromatic rings. The first-order valence-electron chi connectivity index (χ1n) is 4.26. The van der Waals surface area contributed by atoms with Gasteiger partial charge in [-0.05, 0) is 29.8 Å². The Hall–Kier alpha value is -0.310. The van der Waals surface area contributed by atoms with Crippen molar-refractivity contribution in [1.82, 2.24) is 9.55 Å². The molecule has 0 unspecified atom stereocenters.